The Kier molecular flexibility index (Phi) is 4.32. The molecule has 1 atom stereocenters. The Bertz CT molecular complexity index is 132. The average Bonchev–Trinajstić information content (AvgIpc) is 1.83. The van der Waals surface area contributed by atoms with Crippen LogP contribution in [0.2, 0.25) is 0 Å². The third kappa shape index (κ3) is 2.84. The summed E-state index contributed by atoms with van der Waals surface area (Å²) in [7, 11) is 0. The van der Waals surface area contributed by atoms with Gasteiger partial charge in [-0.3, -0.25) is 0 Å². The van der Waals surface area contributed by atoms with E-state index in [4.69, 9.17) is 0 Å². The molecule has 0 N–H and O–H groups in total. The highest BCUT2D eigenvalue weighted by Crippen LogP contribution is 2.44. The Hall–Kier alpha value is 1.16. The zero-order valence-electron chi connectivity index (χ0n) is 4.93. The quantitative estimate of drug-likeness (QED) is 0.527. The zero-order valence-corrected chi connectivity index (χ0v) is 9.69. The molecule has 0 rings (SSSR count). The summed E-state index contributed by atoms with van der Waals surface area (Å²) < 4.78 is 49.0. The lowest BCUT2D eigenvalue weighted by molar-refractivity contribution is -0.142. The summed E-state index contributed by atoms with van der Waals surface area (Å²) >= 11 is 6.70. The van der Waals surface area contributed by atoms with Crippen molar-refractivity contribution in [2.24, 2.45) is 0 Å². The first kappa shape index (κ1) is 12.2. The van der Waals surface area contributed by atoms with Gasteiger partial charge in [0, 0.05) is 5.33 Å². The molecule has 0 aliphatic heterocycles. The molecule has 0 aromatic carbocycles. The third-order valence-electron chi connectivity index (χ3n) is 0.907. The predicted octanol–water partition coefficient (Wildman–Crippen LogP) is 3.77. The molecule has 0 aliphatic carbocycles. The van der Waals surface area contributed by atoms with E-state index in [1.165, 1.54) is 0 Å². The van der Waals surface area contributed by atoms with Gasteiger partial charge in [-0.1, -0.05) is 31.9 Å². The number of rotatable bonds is 3. The van der Waals surface area contributed by atoms with Crippen LogP contribution in [0.1, 0.15) is 0 Å². The molecule has 0 bridgehead atoms. The average molecular weight is 367 g/mol. The van der Waals surface area contributed by atoms with Crippen LogP contribution in [0.15, 0.2) is 0 Å². The van der Waals surface area contributed by atoms with E-state index in [2.05, 4.69) is 31.9 Å². The number of hydrogen-bond donors (Lipinski definition) is 0. The Morgan fingerprint density at radius 2 is 1.55 bits per heavy atom. The topological polar surface area (TPSA) is 0 Å². The molecular weight excluding hydrogens is 364 g/mol. The molecular formula is C4H3Br3F4. The minimum atomic E-state index is -4.18. The van der Waals surface area contributed by atoms with Crippen LogP contribution in [-0.2, 0) is 0 Å². The Morgan fingerprint density at radius 3 is 1.64 bits per heavy atom. The summed E-state index contributed by atoms with van der Waals surface area (Å²) in [6.07, 6.45) is 0. The molecule has 0 spiro atoms. The van der Waals surface area contributed by atoms with Gasteiger partial charge in [-0.05, 0) is 15.9 Å². The minimum Gasteiger partial charge on any atom is -0.197 e. The molecule has 0 radical (unpaired) electrons. The van der Waals surface area contributed by atoms with E-state index in [0.717, 1.165) is 0 Å². The van der Waals surface area contributed by atoms with Gasteiger partial charge in [-0.15, -0.1) is 0 Å². The van der Waals surface area contributed by atoms with Gasteiger partial charge in [0.25, 0.3) is 0 Å². The third-order valence-corrected chi connectivity index (χ3v) is 3.85. The maximum absolute atomic E-state index is 12.5. The van der Waals surface area contributed by atoms with Crippen molar-refractivity contribution < 1.29 is 17.6 Å². The molecule has 0 heterocycles. The summed E-state index contributed by atoms with van der Waals surface area (Å²) in [6.45, 7) is 0. The molecule has 11 heavy (non-hydrogen) atoms. The molecule has 68 valence electrons. The van der Waals surface area contributed by atoms with Crippen LogP contribution < -0.4 is 0 Å². The van der Waals surface area contributed by atoms with E-state index in [1.807, 2.05) is 0 Å². The maximum Gasteiger partial charge on any atom is 0.364 e. The molecule has 0 saturated carbocycles. The maximum atomic E-state index is 12.5. The van der Waals surface area contributed by atoms with Crippen molar-refractivity contribution in [2.75, 3.05) is 5.33 Å². The summed E-state index contributed by atoms with van der Waals surface area (Å²) in [5, 5.41) is -0.249. The van der Waals surface area contributed by atoms with E-state index in [0.29, 0.717) is 0 Å². The van der Waals surface area contributed by atoms with E-state index in [1.54, 1.807) is 15.9 Å². The van der Waals surface area contributed by atoms with Crippen molar-refractivity contribution in [1.82, 2.24) is 0 Å². The SMILES string of the molecule is FC(F)(Br)C(F)(F)C(Br)CBr. The summed E-state index contributed by atoms with van der Waals surface area (Å²) in [5.41, 5.74) is 0. The first-order valence-electron chi connectivity index (χ1n) is 2.38. The standard InChI is InChI=1S/C4H3Br3F4/c5-1-2(6)3(8,9)4(7,10)11/h2H,1H2. The second-order valence-corrected chi connectivity index (χ2v) is 4.49. The molecule has 0 saturated heterocycles. The second kappa shape index (κ2) is 3.91. The Morgan fingerprint density at radius 1 is 1.18 bits per heavy atom. The van der Waals surface area contributed by atoms with Crippen molar-refractivity contribution in [2.45, 2.75) is 15.6 Å². The zero-order chi connectivity index (χ0) is 9.28. The predicted molar refractivity (Wildman–Crippen MR) is 45.3 cm³/mol. The lowest BCUT2D eigenvalue weighted by Crippen LogP contribution is -2.43. The highest BCUT2D eigenvalue weighted by atomic mass is 79.9. The summed E-state index contributed by atoms with van der Waals surface area (Å²) in [5.74, 6) is -4.10. The number of halogens is 7. The first-order valence-corrected chi connectivity index (χ1v) is 5.21. The van der Waals surface area contributed by atoms with Crippen LogP contribution in [0.25, 0.3) is 0 Å². The van der Waals surface area contributed by atoms with Crippen LogP contribution in [-0.4, -0.2) is 20.9 Å². The lowest BCUT2D eigenvalue weighted by Gasteiger charge is -2.24. The van der Waals surface area contributed by atoms with Gasteiger partial charge in [0.2, 0.25) is 0 Å². The fraction of sp³-hybridized carbons (Fsp3) is 1.00. The van der Waals surface area contributed by atoms with Gasteiger partial charge in [0.15, 0.2) is 0 Å². The number of alkyl halides is 7. The van der Waals surface area contributed by atoms with E-state index < -0.39 is 15.6 Å². The van der Waals surface area contributed by atoms with E-state index in [9.17, 15) is 17.6 Å². The van der Waals surface area contributed by atoms with Crippen LogP contribution in [0.3, 0.4) is 0 Å². The second-order valence-electron chi connectivity index (χ2n) is 1.74. The highest BCUT2D eigenvalue weighted by Gasteiger charge is 2.58. The number of hydrogen-bond acceptors (Lipinski definition) is 0. The van der Waals surface area contributed by atoms with E-state index >= 15 is 0 Å². The van der Waals surface area contributed by atoms with Crippen LogP contribution >= 0.6 is 47.8 Å². The van der Waals surface area contributed by atoms with Gasteiger partial charge in [0.1, 0.15) is 0 Å². The van der Waals surface area contributed by atoms with Gasteiger partial charge >= 0.3 is 10.8 Å². The summed E-state index contributed by atoms with van der Waals surface area (Å²) in [6, 6.07) is 0. The molecule has 0 nitrogen and oxygen atoms in total. The fourth-order valence-corrected chi connectivity index (χ4v) is 1.55. The summed E-state index contributed by atoms with van der Waals surface area (Å²) in [4.78, 5) is -5.77. The van der Waals surface area contributed by atoms with Crippen molar-refractivity contribution in [3.05, 3.63) is 0 Å². The molecule has 0 fully saturated rings. The molecule has 0 aliphatic rings. The van der Waals surface area contributed by atoms with Gasteiger partial charge in [0.05, 0.1) is 4.83 Å². The van der Waals surface area contributed by atoms with Gasteiger partial charge < -0.3 is 0 Å². The first-order chi connectivity index (χ1) is 4.73. The van der Waals surface area contributed by atoms with Gasteiger partial charge in [-0.2, -0.15) is 17.6 Å². The fourth-order valence-electron chi connectivity index (χ4n) is 0.274. The monoisotopic (exact) mass is 364 g/mol. The van der Waals surface area contributed by atoms with Crippen molar-refractivity contribution in [3.63, 3.8) is 0 Å². The Balaban J connectivity index is 4.45. The van der Waals surface area contributed by atoms with Crippen LogP contribution in [0.4, 0.5) is 17.6 Å². The van der Waals surface area contributed by atoms with Crippen LogP contribution in [0, 0.1) is 0 Å². The molecule has 0 amide bonds. The molecule has 7 heteroatoms. The Labute approximate surface area is 86.1 Å². The lowest BCUT2D eigenvalue weighted by atomic mass is 10.3. The molecule has 1 unspecified atom stereocenters. The van der Waals surface area contributed by atoms with E-state index in [-0.39, 0.29) is 5.33 Å². The minimum absolute atomic E-state index is 0.249. The van der Waals surface area contributed by atoms with Crippen molar-refractivity contribution in [1.29, 1.82) is 0 Å². The highest BCUT2D eigenvalue weighted by molar-refractivity contribution is 9.12. The van der Waals surface area contributed by atoms with Crippen molar-refractivity contribution in [3.8, 4) is 0 Å². The molecule has 0 aromatic heterocycles. The normalized spacial score (nSPS) is 16.6. The van der Waals surface area contributed by atoms with Crippen molar-refractivity contribution >= 4 is 47.8 Å². The smallest absolute Gasteiger partial charge is 0.197 e. The largest absolute Gasteiger partial charge is 0.364 e. The van der Waals surface area contributed by atoms with Crippen LogP contribution in [0.5, 0.6) is 0 Å². The van der Waals surface area contributed by atoms with Gasteiger partial charge in [-0.25, -0.2) is 0 Å². The molecule has 0 aromatic rings.